The lowest BCUT2D eigenvalue weighted by molar-refractivity contribution is -0.114. The maximum atomic E-state index is 11.5. The second kappa shape index (κ2) is 5.83. The first-order valence-electron chi connectivity index (χ1n) is 7.76. The number of benzene rings is 1. The van der Waals surface area contributed by atoms with Crippen LogP contribution in [0.2, 0.25) is 5.28 Å². The van der Waals surface area contributed by atoms with Gasteiger partial charge in [0.15, 0.2) is 11.2 Å². The van der Waals surface area contributed by atoms with Crippen LogP contribution in [0, 0.1) is 0 Å². The van der Waals surface area contributed by atoms with Crippen LogP contribution in [0.5, 0.6) is 0 Å². The average molecular weight is 343 g/mol. The third-order valence-corrected chi connectivity index (χ3v) is 4.45. The van der Waals surface area contributed by atoms with E-state index in [-0.39, 0.29) is 17.2 Å². The molecule has 0 spiro atoms. The van der Waals surface area contributed by atoms with E-state index in [1.165, 1.54) is 6.92 Å². The number of rotatable bonds is 2. The zero-order valence-corrected chi connectivity index (χ0v) is 13.8. The van der Waals surface area contributed by atoms with Crippen molar-refractivity contribution in [3.8, 4) is 0 Å². The molecule has 1 atom stereocenters. The Balaban J connectivity index is 1.84. The smallest absolute Gasteiger partial charge is 0.224 e. The molecule has 2 heterocycles. The summed E-state index contributed by atoms with van der Waals surface area (Å²) in [6.45, 7) is 1.52. The van der Waals surface area contributed by atoms with Crippen LogP contribution in [0.25, 0.3) is 11.2 Å². The molecule has 4 rings (SSSR count). The van der Waals surface area contributed by atoms with Gasteiger partial charge in [0.25, 0.3) is 0 Å². The highest BCUT2D eigenvalue weighted by molar-refractivity contribution is 6.28. The second-order valence-corrected chi connectivity index (χ2v) is 6.18. The first kappa shape index (κ1) is 15.0. The Morgan fingerprint density at radius 2 is 2.29 bits per heavy atom. The van der Waals surface area contributed by atoms with Crippen LogP contribution in [0.4, 0.5) is 5.69 Å². The minimum Gasteiger partial charge on any atom is -0.326 e. The van der Waals surface area contributed by atoms with Gasteiger partial charge in [-0.3, -0.25) is 4.79 Å². The predicted molar refractivity (Wildman–Crippen MR) is 90.0 cm³/mol. The van der Waals surface area contributed by atoms with Gasteiger partial charge in [-0.25, -0.2) is 9.67 Å². The van der Waals surface area contributed by atoms with Gasteiger partial charge < -0.3 is 5.32 Å². The lowest BCUT2D eigenvalue weighted by atomic mass is 9.86. The number of hydrogen-bond donors (Lipinski definition) is 1. The summed E-state index contributed by atoms with van der Waals surface area (Å²) in [5.41, 5.74) is 4.38. The van der Waals surface area contributed by atoms with Crippen molar-refractivity contribution in [2.24, 2.45) is 0 Å². The van der Waals surface area contributed by atoms with Gasteiger partial charge in [0.2, 0.25) is 11.2 Å². The second-order valence-electron chi connectivity index (χ2n) is 5.84. The molecule has 1 aliphatic rings. The number of halogens is 1. The molecule has 0 aliphatic heterocycles. The number of fused-ring (bicyclic) bond motifs is 2. The summed E-state index contributed by atoms with van der Waals surface area (Å²) < 4.78 is 1.80. The summed E-state index contributed by atoms with van der Waals surface area (Å²) in [6, 6.07) is 5.96. The Morgan fingerprint density at radius 3 is 3.12 bits per heavy atom. The molecular weight excluding hydrogens is 328 g/mol. The maximum absolute atomic E-state index is 11.5. The van der Waals surface area contributed by atoms with Crippen LogP contribution in [-0.4, -0.2) is 30.9 Å². The standard InChI is InChI=1S/C16H15ClN6O/c1-9(24)19-12-6-2-5-11-10(12)4-3-7-14(11)23-15-13(21-22-23)8-18-16(17)20-15/h2,5-6,8,14H,3-4,7H2,1H3,(H,19,24). The van der Waals surface area contributed by atoms with Crippen LogP contribution in [0.1, 0.15) is 36.9 Å². The van der Waals surface area contributed by atoms with Gasteiger partial charge in [-0.05, 0) is 48.1 Å². The normalized spacial score (nSPS) is 16.8. The van der Waals surface area contributed by atoms with E-state index in [2.05, 4.69) is 31.7 Å². The molecule has 8 heteroatoms. The first-order valence-corrected chi connectivity index (χ1v) is 8.14. The van der Waals surface area contributed by atoms with Gasteiger partial charge >= 0.3 is 0 Å². The van der Waals surface area contributed by atoms with Crippen molar-refractivity contribution >= 4 is 34.4 Å². The lowest BCUT2D eigenvalue weighted by Gasteiger charge is -2.27. The molecule has 0 saturated carbocycles. The van der Waals surface area contributed by atoms with E-state index < -0.39 is 0 Å². The van der Waals surface area contributed by atoms with Gasteiger partial charge in [0.1, 0.15) is 0 Å². The number of carbonyl (C=O) groups excluding carboxylic acids is 1. The van der Waals surface area contributed by atoms with Gasteiger partial charge in [-0.2, -0.15) is 4.98 Å². The minimum absolute atomic E-state index is 0.0124. The number of hydrogen-bond acceptors (Lipinski definition) is 5. The van der Waals surface area contributed by atoms with Crippen molar-refractivity contribution in [3.63, 3.8) is 0 Å². The van der Waals surface area contributed by atoms with Gasteiger partial charge in [-0.1, -0.05) is 17.3 Å². The summed E-state index contributed by atoms with van der Waals surface area (Å²) in [7, 11) is 0. The van der Waals surface area contributed by atoms with Crippen molar-refractivity contribution in [1.82, 2.24) is 25.0 Å². The van der Waals surface area contributed by atoms with E-state index in [9.17, 15) is 4.79 Å². The van der Waals surface area contributed by atoms with Gasteiger partial charge in [-0.15, -0.1) is 5.10 Å². The summed E-state index contributed by atoms with van der Waals surface area (Å²) in [6.07, 6.45) is 4.42. The van der Waals surface area contributed by atoms with Crippen molar-refractivity contribution in [2.45, 2.75) is 32.2 Å². The highest BCUT2D eigenvalue weighted by atomic mass is 35.5. The number of anilines is 1. The molecule has 0 radical (unpaired) electrons. The number of amides is 1. The summed E-state index contributed by atoms with van der Waals surface area (Å²) in [5, 5.41) is 11.5. The van der Waals surface area contributed by atoms with Crippen molar-refractivity contribution in [2.75, 3.05) is 5.32 Å². The van der Waals surface area contributed by atoms with Gasteiger partial charge in [0.05, 0.1) is 12.2 Å². The summed E-state index contributed by atoms with van der Waals surface area (Å²) >= 11 is 5.93. The molecule has 24 heavy (non-hydrogen) atoms. The fourth-order valence-corrected chi connectivity index (χ4v) is 3.45. The lowest BCUT2D eigenvalue weighted by Crippen LogP contribution is -2.20. The zero-order chi connectivity index (χ0) is 16.7. The monoisotopic (exact) mass is 342 g/mol. The molecule has 0 saturated heterocycles. The molecule has 1 aliphatic carbocycles. The zero-order valence-electron chi connectivity index (χ0n) is 13.0. The summed E-state index contributed by atoms with van der Waals surface area (Å²) in [4.78, 5) is 19.7. The molecule has 1 amide bonds. The number of aromatic nitrogens is 5. The Kier molecular flexibility index (Phi) is 3.65. The summed E-state index contributed by atoms with van der Waals surface area (Å²) in [5.74, 6) is -0.0729. The average Bonchev–Trinajstić information content (AvgIpc) is 2.97. The Morgan fingerprint density at radius 1 is 1.42 bits per heavy atom. The Hall–Kier alpha value is -2.54. The number of carbonyl (C=O) groups is 1. The molecule has 0 bridgehead atoms. The highest BCUT2D eigenvalue weighted by Gasteiger charge is 2.26. The number of nitrogens with one attached hydrogen (secondary N) is 1. The van der Waals surface area contributed by atoms with Crippen LogP contribution >= 0.6 is 11.6 Å². The molecular formula is C16H15ClN6O. The van der Waals surface area contributed by atoms with Crippen molar-refractivity contribution < 1.29 is 4.79 Å². The van der Waals surface area contributed by atoms with E-state index in [4.69, 9.17) is 11.6 Å². The molecule has 122 valence electrons. The predicted octanol–water partition coefficient (Wildman–Crippen LogP) is 2.76. The van der Waals surface area contributed by atoms with Crippen LogP contribution in [0.15, 0.2) is 24.4 Å². The first-order chi connectivity index (χ1) is 11.6. The largest absolute Gasteiger partial charge is 0.326 e. The molecule has 2 aromatic heterocycles. The van der Waals surface area contributed by atoms with E-state index in [0.29, 0.717) is 11.2 Å². The Labute approximate surface area is 143 Å². The van der Waals surface area contributed by atoms with E-state index in [1.54, 1.807) is 10.9 Å². The van der Waals surface area contributed by atoms with E-state index in [0.717, 1.165) is 36.1 Å². The van der Waals surface area contributed by atoms with E-state index in [1.807, 2.05) is 12.1 Å². The van der Waals surface area contributed by atoms with Crippen LogP contribution < -0.4 is 5.32 Å². The fourth-order valence-electron chi connectivity index (χ4n) is 3.32. The van der Waals surface area contributed by atoms with Crippen LogP contribution in [-0.2, 0) is 11.2 Å². The molecule has 1 aromatic carbocycles. The molecule has 1 unspecified atom stereocenters. The third-order valence-electron chi connectivity index (χ3n) is 4.27. The maximum Gasteiger partial charge on any atom is 0.224 e. The van der Waals surface area contributed by atoms with Gasteiger partial charge in [0, 0.05) is 12.6 Å². The third kappa shape index (κ3) is 2.50. The van der Waals surface area contributed by atoms with E-state index >= 15 is 0 Å². The SMILES string of the molecule is CC(=O)Nc1cccc2c1CCCC2n1nnc2cnc(Cl)nc21. The van der Waals surface area contributed by atoms with Crippen molar-refractivity contribution in [3.05, 3.63) is 40.8 Å². The molecule has 1 N–H and O–H groups in total. The highest BCUT2D eigenvalue weighted by Crippen LogP contribution is 2.37. The topological polar surface area (TPSA) is 85.6 Å². The molecule has 0 fully saturated rings. The quantitative estimate of drug-likeness (QED) is 0.724. The minimum atomic E-state index is -0.0729. The molecule has 7 nitrogen and oxygen atoms in total. The Bertz CT molecular complexity index is 937. The number of nitrogens with zero attached hydrogens (tertiary/aromatic N) is 5. The molecule has 3 aromatic rings. The van der Waals surface area contributed by atoms with Crippen molar-refractivity contribution in [1.29, 1.82) is 0 Å². The fraction of sp³-hybridized carbons (Fsp3) is 0.312. The van der Waals surface area contributed by atoms with Crippen LogP contribution in [0.3, 0.4) is 0 Å².